The number of hydrogen-bond acceptors (Lipinski definition) is 6. The SMILES string of the molecule is CCOc1ccc(OCCNC(=O)CN2CCNCC2c2cccnc2)cc1. The number of benzene rings is 1. The fraction of sp³-hybridized carbons (Fsp3) is 0.429. The van der Waals surface area contributed by atoms with Crippen molar-refractivity contribution in [2.45, 2.75) is 13.0 Å². The maximum atomic E-state index is 12.4. The number of hydrogen-bond donors (Lipinski definition) is 2. The van der Waals surface area contributed by atoms with Crippen molar-refractivity contribution in [3.8, 4) is 11.5 Å². The van der Waals surface area contributed by atoms with E-state index in [2.05, 4.69) is 26.6 Å². The highest BCUT2D eigenvalue weighted by Gasteiger charge is 2.25. The van der Waals surface area contributed by atoms with E-state index in [1.807, 2.05) is 43.5 Å². The predicted molar refractivity (Wildman–Crippen MR) is 108 cm³/mol. The molecule has 7 nitrogen and oxygen atoms in total. The third-order valence-corrected chi connectivity index (χ3v) is 4.60. The molecule has 150 valence electrons. The van der Waals surface area contributed by atoms with Crippen LogP contribution in [0.5, 0.6) is 11.5 Å². The molecule has 1 saturated heterocycles. The summed E-state index contributed by atoms with van der Waals surface area (Å²) in [5, 5.41) is 6.33. The van der Waals surface area contributed by atoms with E-state index in [0.29, 0.717) is 26.3 Å². The molecule has 1 amide bonds. The van der Waals surface area contributed by atoms with Gasteiger partial charge in [-0.1, -0.05) is 6.07 Å². The summed E-state index contributed by atoms with van der Waals surface area (Å²) in [6.07, 6.45) is 3.63. The van der Waals surface area contributed by atoms with Crippen molar-refractivity contribution in [2.75, 3.05) is 45.9 Å². The number of pyridine rings is 1. The molecule has 2 aromatic rings. The average molecular weight is 384 g/mol. The quantitative estimate of drug-likeness (QED) is 0.640. The lowest BCUT2D eigenvalue weighted by molar-refractivity contribution is -0.123. The minimum absolute atomic E-state index is 0.00563. The van der Waals surface area contributed by atoms with E-state index in [1.54, 1.807) is 6.20 Å². The van der Waals surface area contributed by atoms with Crippen LogP contribution in [-0.2, 0) is 4.79 Å². The fourth-order valence-corrected chi connectivity index (χ4v) is 3.24. The van der Waals surface area contributed by atoms with Crippen LogP contribution in [0.25, 0.3) is 0 Å². The van der Waals surface area contributed by atoms with Gasteiger partial charge in [-0.25, -0.2) is 0 Å². The number of piperazine rings is 1. The van der Waals surface area contributed by atoms with Crippen LogP contribution >= 0.6 is 0 Å². The molecule has 1 atom stereocenters. The summed E-state index contributed by atoms with van der Waals surface area (Å²) in [5.41, 5.74) is 1.13. The molecular weight excluding hydrogens is 356 g/mol. The maximum absolute atomic E-state index is 12.4. The number of ether oxygens (including phenoxy) is 2. The van der Waals surface area contributed by atoms with Crippen LogP contribution in [0.2, 0.25) is 0 Å². The molecule has 1 unspecified atom stereocenters. The third kappa shape index (κ3) is 5.94. The molecule has 3 rings (SSSR count). The normalized spacial score (nSPS) is 17.1. The van der Waals surface area contributed by atoms with Gasteiger partial charge in [-0.2, -0.15) is 0 Å². The van der Waals surface area contributed by atoms with Crippen LogP contribution in [0.1, 0.15) is 18.5 Å². The Bertz CT molecular complexity index is 724. The molecule has 1 fully saturated rings. The number of rotatable bonds is 9. The van der Waals surface area contributed by atoms with Crippen molar-refractivity contribution in [3.63, 3.8) is 0 Å². The molecule has 1 aromatic heterocycles. The Morgan fingerprint density at radius 3 is 2.75 bits per heavy atom. The first-order valence-electron chi connectivity index (χ1n) is 9.73. The number of nitrogens with one attached hydrogen (secondary N) is 2. The third-order valence-electron chi connectivity index (χ3n) is 4.60. The lowest BCUT2D eigenvalue weighted by Gasteiger charge is -2.35. The summed E-state index contributed by atoms with van der Waals surface area (Å²) in [4.78, 5) is 18.7. The van der Waals surface area contributed by atoms with Crippen molar-refractivity contribution < 1.29 is 14.3 Å². The highest BCUT2D eigenvalue weighted by molar-refractivity contribution is 5.78. The zero-order valence-corrected chi connectivity index (χ0v) is 16.3. The second kappa shape index (κ2) is 10.6. The number of amides is 1. The Balaban J connectivity index is 1.41. The number of nitrogens with zero attached hydrogens (tertiary/aromatic N) is 2. The topological polar surface area (TPSA) is 75.7 Å². The van der Waals surface area contributed by atoms with E-state index in [-0.39, 0.29) is 11.9 Å². The Kier molecular flexibility index (Phi) is 7.63. The van der Waals surface area contributed by atoms with Crippen LogP contribution in [0, 0.1) is 0 Å². The monoisotopic (exact) mass is 384 g/mol. The molecule has 0 radical (unpaired) electrons. The molecule has 2 N–H and O–H groups in total. The highest BCUT2D eigenvalue weighted by Crippen LogP contribution is 2.21. The smallest absolute Gasteiger partial charge is 0.234 e. The first-order valence-corrected chi connectivity index (χ1v) is 9.73. The zero-order chi connectivity index (χ0) is 19.6. The van der Waals surface area contributed by atoms with Crippen LogP contribution in [0.4, 0.5) is 0 Å². The maximum Gasteiger partial charge on any atom is 0.234 e. The fourth-order valence-electron chi connectivity index (χ4n) is 3.24. The van der Waals surface area contributed by atoms with E-state index in [9.17, 15) is 4.79 Å². The van der Waals surface area contributed by atoms with Gasteiger partial charge in [0.25, 0.3) is 0 Å². The second-order valence-corrected chi connectivity index (χ2v) is 6.58. The summed E-state index contributed by atoms with van der Waals surface area (Å²) in [6.45, 7) is 6.38. The number of carbonyl (C=O) groups is 1. The molecule has 1 aromatic carbocycles. The van der Waals surface area contributed by atoms with Crippen molar-refractivity contribution in [2.24, 2.45) is 0 Å². The molecule has 0 bridgehead atoms. The first kappa shape index (κ1) is 20.1. The molecule has 7 heteroatoms. The summed E-state index contributed by atoms with van der Waals surface area (Å²) < 4.78 is 11.1. The molecule has 0 aliphatic carbocycles. The summed E-state index contributed by atoms with van der Waals surface area (Å²) >= 11 is 0. The molecule has 0 saturated carbocycles. The highest BCUT2D eigenvalue weighted by atomic mass is 16.5. The summed E-state index contributed by atoms with van der Waals surface area (Å²) in [7, 11) is 0. The minimum Gasteiger partial charge on any atom is -0.494 e. The lowest BCUT2D eigenvalue weighted by Crippen LogP contribution is -2.49. The lowest BCUT2D eigenvalue weighted by atomic mass is 10.1. The van der Waals surface area contributed by atoms with Gasteiger partial charge in [0.2, 0.25) is 5.91 Å². The van der Waals surface area contributed by atoms with Gasteiger partial charge in [-0.3, -0.25) is 14.7 Å². The Morgan fingerprint density at radius 2 is 2.04 bits per heavy atom. The first-order chi connectivity index (χ1) is 13.8. The van der Waals surface area contributed by atoms with Gasteiger partial charge in [-0.15, -0.1) is 0 Å². The van der Waals surface area contributed by atoms with Gasteiger partial charge in [0, 0.05) is 38.1 Å². The van der Waals surface area contributed by atoms with Gasteiger partial charge in [0.15, 0.2) is 0 Å². The second-order valence-electron chi connectivity index (χ2n) is 6.58. The van der Waals surface area contributed by atoms with Crippen molar-refractivity contribution in [3.05, 3.63) is 54.4 Å². The Hall–Kier alpha value is -2.64. The van der Waals surface area contributed by atoms with Crippen LogP contribution in [-0.4, -0.2) is 61.7 Å². The summed E-state index contributed by atoms with van der Waals surface area (Å²) in [6, 6.07) is 11.6. The number of aromatic nitrogens is 1. The van der Waals surface area contributed by atoms with Crippen LogP contribution < -0.4 is 20.1 Å². The summed E-state index contributed by atoms with van der Waals surface area (Å²) in [5.74, 6) is 1.59. The predicted octanol–water partition coefficient (Wildman–Crippen LogP) is 1.62. The number of carbonyl (C=O) groups excluding carboxylic acids is 1. The standard InChI is InChI=1S/C21H28N4O3/c1-2-27-18-5-7-19(8-6-18)28-13-11-24-21(26)16-25-12-10-23-15-20(25)17-4-3-9-22-14-17/h3-9,14,20,23H,2,10-13,15-16H2,1H3,(H,24,26). The van der Waals surface area contributed by atoms with Gasteiger partial charge in [-0.05, 0) is 42.8 Å². The van der Waals surface area contributed by atoms with E-state index >= 15 is 0 Å². The Labute approximate surface area is 166 Å². The van der Waals surface area contributed by atoms with E-state index < -0.39 is 0 Å². The largest absolute Gasteiger partial charge is 0.494 e. The van der Waals surface area contributed by atoms with E-state index in [0.717, 1.165) is 36.7 Å². The van der Waals surface area contributed by atoms with Gasteiger partial charge >= 0.3 is 0 Å². The van der Waals surface area contributed by atoms with Crippen LogP contribution in [0.3, 0.4) is 0 Å². The molecule has 28 heavy (non-hydrogen) atoms. The van der Waals surface area contributed by atoms with Crippen molar-refractivity contribution in [1.82, 2.24) is 20.5 Å². The molecule has 1 aliphatic rings. The van der Waals surface area contributed by atoms with Crippen molar-refractivity contribution >= 4 is 5.91 Å². The average Bonchev–Trinajstić information content (AvgIpc) is 2.74. The minimum atomic E-state index is 0.00563. The molecule has 1 aliphatic heterocycles. The molecule has 0 spiro atoms. The molecular formula is C21H28N4O3. The van der Waals surface area contributed by atoms with Crippen LogP contribution in [0.15, 0.2) is 48.8 Å². The Morgan fingerprint density at radius 1 is 1.25 bits per heavy atom. The van der Waals surface area contributed by atoms with Gasteiger partial charge in [0.05, 0.1) is 19.7 Å². The van der Waals surface area contributed by atoms with E-state index in [1.165, 1.54) is 0 Å². The zero-order valence-electron chi connectivity index (χ0n) is 16.3. The van der Waals surface area contributed by atoms with E-state index in [4.69, 9.17) is 9.47 Å². The van der Waals surface area contributed by atoms with Gasteiger partial charge in [0.1, 0.15) is 18.1 Å². The van der Waals surface area contributed by atoms with Gasteiger partial charge < -0.3 is 20.1 Å². The van der Waals surface area contributed by atoms with Crippen molar-refractivity contribution in [1.29, 1.82) is 0 Å². The molecule has 2 heterocycles.